The molecular formula is C17H17N3O. The van der Waals surface area contributed by atoms with Gasteiger partial charge in [-0.25, -0.2) is 4.98 Å². The van der Waals surface area contributed by atoms with Gasteiger partial charge in [0.25, 0.3) is 0 Å². The first-order valence-corrected chi connectivity index (χ1v) is 6.78. The molecule has 2 aromatic carbocycles. The van der Waals surface area contributed by atoms with E-state index in [-0.39, 0.29) is 6.04 Å². The van der Waals surface area contributed by atoms with Gasteiger partial charge in [0.1, 0.15) is 11.6 Å². The number of methoxy groups -OCH3 is 1. The summed E-state index contributed by atoms with van der Waals surface area (Å²) < 4.78 is 5.38. The molecule has 0 aliphatic heterocycles. The molecule has 4 heteroatoms. The molecule has 3 aromatic rings. The van der Waals surface area contributed by atoms with Gasteiger partial charge in [-0.05, 0) is 17.7 Å². The predicted octanol–water partition coefficient (Wildman–Crippen LogP) is 3.13. The fourth-order valence-corrected chi connectivity index (χ4v) is 2.32. The van der Waals surface area contributed by atoms with E-state index in [9.17, 15) is 0 Å². The highest BCUT2D eigenvalue weighted by molar-refractivity contribution is 5.66. The van der Waals surface area contributed by atoms with Gasteiger partial charge in [0.15, 0.2) is 0 Å². The number of nitrogens with one attached hydrogen (secondary N) is 1. The third kappa shape index (κ3) is 2.66. The number of H-pyrrole nitrogens is 1. The Morgan fingerprint density at radius 2 is 1.76 bits per heavy atom. The van der Waals surface area contributed by atoms with Gasteiger partial charge in [-0.2, -0.15) is 0 Å². The molecule has 21 heavy (non-hydrogen) atoms. The Morgan fingerprint density at radius 3 is 2.52 bits per heavy atom. The van der Waals surface area contributed by atoms with Crippen molar-refractivity contribution in [2.45, 2.75) is 6.04 Å². The van der Waals surface area contributed by atoms with E-state index in [0.717, 1.165) is 28.4 Å². The fourth-order valence-electron chi connectivity index (χ4n) is 2.32. The van der Waals surface area contributed by atoms with E-state index < -0.39 is 0 Å². The molecule has 0 radical (unpaired) electrons. The minimum Gasteiger partial charge on any atom is -0.496 e. The Hall–Kier alpha value is -2.59. The van der Waals surface area contributed by atoms with Crippen molar-refractivity contribution in [3.05, 3.63) is 72.2 Å². The van der Waals surface area contributed by atoms with Crippen LogP contribution in [0.1, 0.15) is 17.4 Å². The first-order chi connectivity index (χ1) is 10.3. The average Bonchev–Trinajstić information content (AvgIpc) is 3.04. The number of nitrogens with two attached hydrogens (primary N) is 1. The Labute approximate surface area is 123 Å². The number of ether oxygens (including phenoxy) is 1. The highest BCUT2D eigenvalue weighted by Crippen LogP contribution is 2.29. The lowest BCUT2D eigenvalue weighted by Crippen LogP contribution is -2.13. The van der Waals surface area contributed by atoms with E-state index in [4.69, 9.17) is 10.5 Å². The van der Waals surface area contributed by atoms with Crippen LogP contribution in [0.4, 0.5) is 0 Å². The number of benzene rings is 2. The molecule has 0 aliphatic carbocycles. The third-order valence-corrected chi connectivity index (χ3v) is 3.45. The third-order valence-electron chi connectivity index (χ3n) is 3.45. The lowest BCUT2D eigenvalue weighted by molar-refractivity contribution is 0.416. The number of hydrogen-bond donors (Lipinski definition) is 2. The SMILES string of the molecule is COc1ccccc1-c1cnc(C(N)c2ccccc2)[nH]1. The molecule has 3 rings (SSSR count). The lowest BCUT2D eigenvalue weighted by Gasteiger charge is -2.09. The van der Waals surface area contributed by atoms with Crippen molar-refractivity contribution in [1.82, 2.24) is 9.97 Å². The summed E-state index contributed by atoms with van der Waals surface area (Å²) >= 11 is 0. The zero-order valence-corrected chi connectivity index (χ0v) is 11.8. The summed E-state index contributed by atoms with van der Waals surface area (Å²) in [5.74, 6) is 1.54. The molecule has 0 amide bonds. The van der Waals surface area contributed by atoms with Gasteiger partial charge in [-0.1, -0.05) is 42.5 Å². The standard InChI is InChI=1S/C17H17N3O/c1-21-15-10-6-5-9-13(15)14-11-19-17(20-14)16(18)12-7-3-2-4-8-12/h2-11,16H,18H2,1H3,(H,19,20). The summed E-state index contributed by atoms with van der Waals surface area (Å²) in [6.07, 6.45) is 1.79. The monoisotopic (exact) mass is 279 g/mol. The Kier molecular flexibility index (Phi) is 3.71. The van der Waals surface area contributed by atoms with Crippen LogP contribution in [0.3, 0.4) is 0 Å². The first-order valence-electron chi connectivity index (χ1n) is 6.78. The second-order valence-corrected chi connectivity index (χ2v) is 4.77. The number of nitrogens with zero attached hydrogens (tertiary/aromatic N) is 1. The minimum atomic E-state index is -0.269. The van der Waals surface area contributed by atoms with Gasteiger partial charge < -0.3 is 15.5 Å². The maximum Gasteiger partial charge on any atom is 0.128 e. The van der Waals surface area contributed by atoms with Crippen molar-refractivity contribution < 1.29 is 4.74 Å². The van der Waals surface area contributed by atoms with Gasteiger partial charge in [0, 0.05) is 5.56 Å². The number of imidazole rings is 1. The van der Waals surface area contributed by atoms with E-state index in [0.29, 0.717) is 0 Å². The predicted molar refractivity (Wildman–Crippen MR) is 83.0 cm³/mol. The summed E-state index contributed by atoms with van der Waals surface area (Å²) in [6, 6.07) is 17.5. The molecule has 0 aliphatic rings. The van der Waals surface area contributed by atoms with Gasteiger partial charge in [0.05, 0.1) is 25.0 Å². The van der Waals surface area contributed by atoms with Gasteiger partial charge in [0.2, 0.25) is 0 Å². The average molecular weight is 279 g/mol. The minimum absolute atomic E-state index is 0.269. The molecule has 1 atom stereocenters. The zero-order valence-electron chi connectivity index (χ0n) is 11.8. The Bertz CT molecular complexity index is 722. The highest BCUT2D eigenvalue weighted by atomic mass is 16.5. The second-order valence-electron chi connectivity index (χ2n) is 4.77. The van der Waals surface area contributed by atoms with Crippen LogP contribution in [0.25, 0.3) is 11.3 Å². The normalized spacial score (nSPS) is 12.1. The second kappa shape index (κ2) is 5.81. The van der Waals surface area contributed by atoms with E-state index in [2.05, 4.69) is 9.97 Å². The molecule has 0 saturated heterocycles. The number of aromatic nitrogens is 2. The van der Waals surface area contributed by atoms with Crippen molar-refractivity contribution in [2.24, 2.45) is 5.73 Å². The Morgan fingerprint density at radius 1 is 1.05 bits per heavy atom. The summed E-state index contributed by atoms with van der Waals surface area (Å²) in [7, 11) is 1.66. The summed E-state index contributed by atoms with van der Waals surface area (Å²) in [6.45, 7) is 0. The van der Waals surface area contributed by atoms with E-state index in [1.54, 1.807) is 13.3 Å². The summed E-state index contributed by atoms with van der Waals surface area (Å²) in [5, 5.41) is 0. The van der Waals surface area contributed by atoms with Gasteiger partial charge in [-0.15, -0.1) is 0 Å². The molecule has 0 spiro atoms. The lowest BCUT2D eigenvalue weighted by atomic mass is 10.1. The van der Waals surface area contributed by atoms with E-state index in [1.807, 2.05) is 54.6 Å². The van der Waals surface area contributed by atoms with Crippen molar-refractivity contribution in [2.75, 3.05) is 7.11 Å². The maximum atomic E-state index is 6.25. The summed E-state index contributed by atoms with van der Waals surface area (Å²) in [4.78, 5) is 7.69. The molecule has 0 saturated carbocycles. The largest absolute Gasteiger partial charge is 0.496 e. The van der Waals surface area contributed by atoms with Gasteiger partial charge in [-0.3, -0.25) is 0 Å². The topological polar surface area (TPSA) is 63.9 Å². The van der Waals surface area contributed by atoms with Crippen LogP contribution in [0, 0.1) is 0 Å². The first kappa shape index (κ1) is 13.4. The maximum absolute atomic E-state index is 6.25. The number of para-hydroxylation sites is 1. The van der Waals surface area contributed by atoms with Crippen LogP contribution in [-0.2, 0) is 0 Å². The fraction of sp³-hybridized carbons (Fsp3) is 0.118. The molecule has 1 aromatic heterocycles. The van der Waals surface area contributed by atoms with Crippen LogP contribution in [0.15, 0.2) is 60.8 Å². The van der Waals surface area contributed by atoms with Crippen LogP contribution in [-0.4, -0.2) is 17.1 Å². The van der Waals surface area contributed by atoms with Crippen LogP contribution in [0.2, 0.25) is 0 Å². The van der Waals surface area contributed by atoms with Crippen molar-refractivity contribution in [3.63, 3.8) is 0 Å². The zero-order chi connectivity index (χ0) is 14.7. The van der Waals surface area contributed by atoms with Crippen molar-refractivity contribution in [1.29, 1.82) is 0 Å². The number of rotatable bonds is 4. The quantitative estimate of drug-likeness (QED) is 0.771. The highest BCUT2D eigenvalue weighted by Gasteiger charge is 2.14. The molecule has 1 heterocycles. The Balaban J connectivity index is 1.93. The van der Waals surface area contributed by atoms with Crippen LogP contribution in [0.5, 0.6) is 5.75 Å². The van der Waals surface area contributed by atoms with Crippen molar-refractivity contribution >= 4 is 0 Å². The van der Waals surface area contributed by atoms with E-state index >= 15 is 0 Å². The summed E-state index contributed by atoms with van der Waals surface area (Å²) in [5.41, 5.74) is 9.15. The molecule has 0 fully saturated rings. The van der Waals surface area contributed by atoms with Crippen LogP contribution < -0.4 is 10.5 Å². The number of hydrogen-bond acceptors (Lipinski definition) is 3. The molecule has 0 bridgehead atoms. The van der Waals surface area contributed by atoms with Crippen molar-refractivity contribution in [3.8, 4) is 17.0 Å². The van der Waals surface area contributed by atoms with Gasteiger partial charge >= 0.3 is 0 Å². The smallest absolute Gasteiger partial charge is 0.128 e. The van der Waals surface area contributed by atoms with E-state index in [1.165, 1.54) is 0 Å². The van der Waals surface area contributed by atoms with Crippen LogP contribution >= 0.6 is 0 Å². The molecule has 106 valence electrons. The number of aromatic amines is 1. The molecule has 4 nitrogen and oxygen atoms in total. The molecule has 1 unspecified atom stereocenters. The molecule has 3 N–H and O–H groups in total. The molecular weight excluding hydrogens is 262 g/mol.